The lowest BCUT2D eigenvalue weighted by molar-refractivity contribution is -0.132. The highest BCUT2D eigenvalue weighted by Gasteiger charge is 2.33. The van der Waals surface area contributed by atoms with Gasteiger partial charge in [-0.15, -0.1) is 0 Å². The highest BCUT2D eigenvalue weighted by Crippen LogP contribution is 2.09. The van der Waals surface area contributed by atoms with E-state index in [1.165, 1.54) is 0 Å². The third-order valence-corrected chi connectivity index (χ3v) is 3.26. The zero-order chi connectivity index (χ0) is 13.5. The van der Waals surface area contributed by atoms with Gasteiger partial charge >= 0.3 is 0 Å². The maximum Gasteiger partial charge on any atom is 0.238 e. The summed E-state index contributed by atoms with van der Waals surface area (Å²) >= 11 is 0. The van der Waals surface area contributed by atoms with E-state index in [0.29, 0.717) is 19.6 Å². The molecule has 1 rings (SSSR count). The van der Waals surface area contributed by atoms with E-state index in [1.807, 2.05) is 18.7 Å². The highest BCUT2D eigenvalue weighted by atomic mass is 16.2. The summed E-state index contributed by atoms with van der Waals surface area (Å²) < 4.78 is 0. The van der Waals surface area contributed by atoms with Gasteiger partial charge in [-0.2, -0.15) is 0 Å². The minimum absolute atomic E-state index is 0.00680. The summed E-state index contributed by atoms with van der Waals surface area (Å²) in [5.74, 6) is -0.0509. The van der Waals surface area contributed by atoms with Gasteiger partial charge in [0.25, 0.3) is 0 Å². The average Bonchev–Trinajstić information content (AvgIpc) is 2.43. The van der Waals surface area contributed by atoms with Gasteiger partial charge in [-0.25, -0.2) is 0 Å². The molecular formula is C12H24N4O2. The summed E-state index contributed by atoms with van der Waals surface area (Å²) in [7, 11) is 1.62. The number of hydrogen-bond acceptors (Lipinski definition) is 4. The Kier molecular flexibility index (Phi) is 6.07. The van der Waals surface area contributed by atoms with Crippen LogP contribution in [0.3, 0.4) is 0 Å². The van der Waals surface area contributed by atoms with Gasteiger partial charge in [-0.05, 0) is 13.3 Å². The topological polar surface area (TPSA) is 73.5 Å². The van der Waals surface area contributed by atoms with Crippen LogP contribution in [0.4, 0.5) is 0 Å². The standard InChI is InChI=1S/C12H24N4O2/c1-4-5-15-11(17)9(2)16-7-6-14-8-10(16)12(18)13-3/h9-10,14H,4-8H2,1-3H3,(H,13,18)(H,15,17). The number of nitrogens with one attached hydrogen (secondary N) is 3. The summed E-state index contributed by atoms with van der Waals surface area (Å²) in [5, 5.41) is 8.71. The molecule has 1 aliphatic rings. The molecule has 104 valence electrons. The molecule has 6 heteroatoms. The van der Waals surface area contributed by atoms with Gasteiger partial charge in [-0.1, -0.05) is 6.92 Å². The molecule has 18 heavy (non-hydrogen) atoms. The van der Waals surface area contributed by atoms with Crippen molar-refractivity contribution in [1.82, 2.24) is 20.9 Å². The van der Waals surface area contributed by atoms with Crippen molar-refractivity contribution in [3.05, 3.63) is 0 Å². The summed E-state index contributed by atoms with van der Waals surface area (Å²) in [6.45, 7) is 6.65. The van der Waals surface area contributed by atoms with Gasteiger partial charge in [0, 0.05) is 33.2 Å². The number of nitrogens with zero attached hydrogens (tertiary/aromatic N) is 1. The molecule has 1 saturated heterocycles. The van der Waals surface area contributed by atoms with Crippen molar-refractivity contribution < 1.29 is 9.59 Å². The molecular weight excluding hydrogens is 232 g/mol. The summed E-state index contributed by atoms with van der Waals surface area (Å²) in [4.78, 5) is 25.7. The van der Waals surface area contributed by atoms with Crippen LogP contribution in [0.1, 0.15) is 20.3 Å². The zero-order valence-corrected chi connectivity index (χ0v) is 11.5. The van der Waals surface area contributed by atoms with E-state index in [4.69, 9.17) is 0 Å². The van der Waals surface area contributed by atoms with Crippen molar-refractivity contribution in [2.45, 2.75) is 32.4 Å². The van der Waals surface area contributed by atoms with Crippen molar-refractivity contribution in [2.75, 3.05) is 33.2 Å². The zero-order valence-electron chi connectivity index (χ0n) is 11.5. The second-order valence-corrected chi connectivity index (χ2v) is 4.54. The van der Waals surface area contributed by atoms with E-state index in [9.17, 15) is 9.59 Å². The summed E-state index contributed by atoms with van der Waals surface area (Å²) in [5.41, 5.74) is 0. The van der Waals surface area contributed by atoms with Crippen LogP contribution in [0.25, 0.3) is 0 Å². The number of rotatable bonds is 5. The fourth-order valence-corrected chi connectivity index (χ4v) is 2.14. The minimum atomic E-state index is -0.277. The Hall–Kier alpha value is -1.14. The van der Waals surface area contributed by atoms with Crippen molar-refractivity contribution in [1.29, 1.82) is 0 Å². The number of amides is 2. The Morgan fingerprint density at radius 1 is 1.50 bits per heavy atom. The van der Waals surface area contributed by atoms with Gasteiger partial charge in [0.1, 0.15) is 6.04 Å². The highest BCUT2D eigenvalue weighted by molar-refractivity contribution is 5.85. The smallest absolute Gasteiger partial charge is 0.238 e. The first kappa shape index (κ1) is 14.9. The minimum Gasteiger partial charge on any atom is -0.358 e. The van der Waals surface area contributed by atoms with E-state index < -0.39 is 0 Å². The molecule has 1 heterocycles. The SMILES string of the molecule is CCCNC(=O)C(C)N1CCNCC1C(=O)NC. The molecule has 0 aromatic rings. The summed E-state index contributed by atoms with van der Waals surface area (Å²) in [6.07, 6.45) is 0.916. The number of carbonyl (C=O) groups excluding carboxylic acids is 2. The third-order valence-electron chi connectivity index (χ3n) is 3.26. The molecule has 0 radical (unpaired) electrons. The molecule has 2 amide bonds. The second-order valence-electron chi connectivity index (χ2n) is 4.54. The van der Waals surface area contributed by atoms with E-state index in [2.05, 4.69) is 16.0 Å². The fraction of sp³-hybridized carbons (Fsp3) is 0.833. The van der Waals surface area contributed by atoms with E-state index in [0.717, 1.165) is 13.0 Å². The van der Waals surface area contributed by atoms with Gasteiger partial charge in [0.15, 0.2) is 0 Å². The van der Waals surface area contributed by atoms with Crippen molar-refractivity contribution in [3.63, 3.8) is 0 Å². The Balaban J connectivity index is 2.64. The Bertz CT molecular complexity index is 296. The van der Waals surface area contributed by atoms with Crippen LogP contribution >= 0.6 is 0 Å². The number of hydrogen-bond donors (Lipinski definition) is 3. The Morgan fingerprint density at radius 2 is 2.22 bits per heavy atom. The molecule has 0 aromatic carbocycles. The fourth-order valence-electron chi connectivity index (χ4n) is 2.14. The second kappa shape index (κ2) is 7.33. The molecule has 3 N–H and O–H groups in total. The molecule has 1 fully saturated rings. The molecule has 2 unspecified atom stereocenters. The van der Waals surface area contributed by atoms with Crippen LogP contribution in [-0.4, -0.2) is 62.0 Å². The lowest BCUT2D eigenvalue weighted by Crippen LogP contribution is -2.62. The van der Waals surface area contributed by atoms with E-state index in [1.54, 1.807) is 7.05 Å². The predicted octanol–water partition coefficient (Wildman–Crippen LogP) is -1.08. The quantitative estimate of drug-likeness (QED) is 0.585. The van der Waals surface area contributed by atoms with Crippen LogP contribution < -0.4 is 16.0 Å². The maximum absolute atomic E-state index is 12.0. The molecule has 2 atom stereocenters. The first-order valence-electron chi connectivity index (χ1n) is 6.57. The van der Waals surface area contributed by atoms with Crippen molar-refractivity contribution in [3.8, 4) is 0 Å². The number of likely N-dealkylation sites (N-methyl/N-ethyl adjacent to an activating group) is 1. The monoisotopic (exact) mass is 256 g/mol. The van der Waals surface area contributed by atoms with Gasteiger partial charge < -0.3 is 16.0 Å². The first-order valence-corrected chi connectivity index (χ1v) is 6.57. The molecule has 0 aromatic heterocycles. The third kappa shape index (κ3) is 3.68. The number of carbonyl (C=O) groups is 2. The maximum atomic E-state index is 12.0. The van der Waals surface area contributed by atoms with Crippen molar-refractivity contribution in [2.24, 2.45) is 0 Å². The van der Waals surface area contributed by atoms with Crippen LogP contribution in [0.2, 0.25) is 0 Å². The van der Waals surface area contributed by atoms with Gasteiger partial charge in [-0.3, -0.25) is 14.5 Å². The molecule has 1 aliphatic heterocycles. The lowest BCUT2D eigenvalue weighted by atomic mass is 10.1. The van der Waals surface area contributed by atoms with Crippen molar-refractivity contribution >= 4 is 11.8 Å². The van der Waals surface area contributed by atoms with E-state index in [-0.39, 0.29) is 23.9 Å². The van der Waals surface area contributed by atoms with Crippen LogP contribution in [0, 0.1) is 0 Å². The molecule has 0 spiro atoms. The molecule has 0 bridgehead atoms. The Morgan fingerprint density at radius 3 is 2.83 bits per heavy atom. The van der Waals surface area contributed by atoms with Crippen LogP contribution in [0.5, 0.6) is 0 Å². The van der Waals surface area contributed by atoms with Crippen LogP contribution in [-0.2, 0) is 9.59 Å². The largest absolute Gasteiger partial charge is 0.358 e. The lowest BCUT2D eigenvalue weighted by Gasteiger charge is -2.38. The first-order chi connectivity index (χ1) is 8.61. The molecule has 6 nitrogen and oxygen atoms in total. The van der Waals surface area contributed by atoms with Gasteiger partial charge in [0.05, 0.1) is 6.04 Å². The summed E-state index contributed by atoms with van der Waals surface area (Å²) in [6, 6.07) is -0.549. The van der Waals surface area contributed by atoms with Crippen LogP contribution in [0.15, 0.2) is 0 Å². The predicted molar refractivity (Wildman–Crippen MR) is 70.2 cm³/mol. The Labute approximate surface area is 108 Å². The average molecular weight is 256 g/mol. The molecule has 0 aliphatic carbocycles. The van der Waals surface area contributed by atoms with E-state index >= 15 is 0 Å². The molecule has 0 saturated carbocycles. The number of piperazine rings is 1. The van der Waals surface area contributed by atoms with Gasteiger partial charge in [0.2, 0.25) is 11.8 Å². The normalized spacial score (nSPS) is 22.3.